The molecule has 0 radical (unpaired) electrons. The van der Waals surface area contributed by atoms with Crippen LogP contribution in [0.3, 0.4) is 0 Å². The maximum atomic E-state index is 12.5. The van der Waals surface area contributed by atoms with Gasteiger partial charge in [0.05, 0.1) is 22.2 Å². The van der Waals surface area contributed by atoms with Crippen molar-refractivity contribution < 1.29 is 14.3 Å². The van der Waals surface area contributed by atoms with Gasteiger partial charge in [-0.2, -0.15) is 0 Å². The zero-order valence-electron chi connectivity index (χ0n) is 11.6. The number of thiophene rings is 1. The van der Waals surface area contributed by atoms with Gasteiger partial charge in [-0.25, -0.2) is 0 Å². The standard InChI is InChI=1S/C13H17Br2NO3S/c1-8(2)7-16(5-4-11(17)19-3)13(18)10-6-9(14)12(15)20-10/h6,8H,4-5,7H2,1-3H3. The Morgan fingerprint density at radius 3 is 2.50 bits per heavy atom. The van der Waals surface area contributed by atoms with E-state index in [2.05, 4.69) is 36.6 Å². The summed E-state index contributed by atoms with van der Waals surface area (Å²) in [4.78, 5) is 26.1. The van der Waals surface area contributed by atoms with Crippen LogP contribution in [0.5, 0.6) is 0 Å². The van der Waals surface area contributed by atoms with E-state index in [0.717, 1.165) is 8.26 Å². The van der Waals surface area contributed by atoms with Crippen LogP contribution in [0.2, 0.25) is 0 Å². The lowest BCUT2D eigenvalue weighted by atomic mass is 10.2. The van der Waals surface area contributed by atoms with Crippen molar-refractivity contribution in [2.75, 3.05) is 20.2 Å². The van der Waals surface area contributed by atoms with Crippen molar-refractivity contribution in [2.45, 2.75) is 20.3 Å². The van der Waals surface area contributed by atoms with Gasteiger partial charge in [0, 0.05) is 17.6 Å². The molecule has 4 nitrogen and oxygen atoms in total. The summed E-state index contributed by atoms with van der Waals surface area (Å²) in [6.07, 6.45) is 0.211. The van der Waals surface area contributed by atoms with Gasteiger partial charge in [-0.15, -0.1) is 11.3 Å². The van der Waals surface area contributed by atoms with Crippen LogP contribution in [0.15, 0.2) is 14.3 Å². The topological polar surface area (TPSA) is 46.6 Å². The van der Waals surface area contributed by atoms with Gasteiger partial charge in [-0.05, 0) is 43.8 Å². The van der Waals surface area contributed by atoms with E-state index in [1.807, 2.05) is 13.8 Å². The molecule has 0 bridgehead atoms. The summed E-state index contributed by atoms with van der Waals surface area (Å²) in [5.74, 6) is -0.0254. The number of carbonyl (C=O) groups is 2. The number of amides is 1. The number of hydrogen-bond donors (Lipinski definition) is 0. The first-order valence-electron chi connectivity index (χ1n) is 6.16. The van der Waals surface area contributed by atoms with Crippen molar-refractivity contribution in [3.63, 3.8) is 0 Å². The fourth-order valence-corrected chi connectivity index (χ4v) is 3.66. The predicted molar refractivity (Wildman–Crippen MR) is 87.1 cm³/mol. The van der Waals surface area contributed by atoms with Crippen LogP contribution >= 0.6 is 43.2 Å². The Kier molecular flexibility index (Phi) is 7.19. The van der Waals surface area contributed by atoms with Crippen LogP contribution in [0, 0.1) is 5.92 Å². The number of rotatable bonds is 6. The molecule has 0 saturated carbocycles. The molecule has 0 aliphatic carbocycles. The van der Waals surface area contributed by atoms with Crippen LogP contribution in [0.1, 0.15) is 29.9 Å². The second-order valence-electron chi connectivity index (χ2n) is 4.70. The summed E-state index contributed by atoms with van der Waals surface area (Å²) in [6.45, 7) is 5.07. The van der Waals surface area contributed by atoms with Crippen molar-refractivity contribution in [2.24, 2.45) is 5.92 Å². The first-order chi connectivity index (χ1) is 9.35. The average molecular weight is 427 g/mol. The predicted octanol–water partition coefficient (Wildman–Crippen LogP) is 3.93. The zero-order chi connectivity index (χ0) is 15.3. The highest BCUT2D eigenvalue weighted by Gasteiger charge is 2.20. The van der Waals surface area contributed by atoms with Gasteiger partial charge in [0.2, 0.25) is 0 Å². The Morgan fingerprint density at radius 2 is 2.05 bits per heavy atom. The Bertz CT molecular complexity index is 468. The molecule has 1 heterocycles. The molecule has 0 fully saturated rings. The normalized spacial score (nSPS) is 10.7. The maximum Gasteiger partial charge on any atom is 0.307 e. The molecule has 1 rings (SSSR count). The van der Waals surface area contributed by atoms with Crippen LogP contribution in [0.25, 0.3) is 0 Å². The van der Waals surface area contributed by atoms with Crippen LogP contribution in [-0.2, 0) is 9.53 Å². The number of esters is 1. The lowest BCUT2D eigenvalue weighted by molar-refractivity contribution is -0.140. The Morgan fingerprint density at radius 1 is 1.40 bits per heavy atom. The van der Waals surface area contributed by atoms with Gasteiger partial charge in [0.25, 0.3) is 5.91 Å². The fourth-order valence-electron chi connectivity index (χ4n) is 1.65. The van der Waals surface area contributed by atoms with Crippen molar-refractivity contribution >= 4 is 55.1 Å². The molecule has 112 valence electrons. The first kappa shape index (κ1) is 17.7. The molecule has 0 aliphatic rings. The minimum Gasteiger partial charge on any atom is -0.469 e. The van der Waals surface area contributed by atoms with Crippen LogP contribution < -0.4 is 0 Å². The molecule has 0 aliphatic heterocycles. The van der Waals surface area contributed by atoms with Crippen LogP contribution in [-0.4, -0.2) is 37.0 Å². The number of nitrogens with zero attached hydrogens (tertiary/aromatic N) is 1. The molecule has 0 aromatic carbocycles. The quantitative estimate of drug-likeness (QED) is 0.647. The lowest BCUT2D eigenvalue weighted by Gasteiger charge is -2.23. The molecule has 20 heavy (non-hydrogen) atoms. The monoisotopic (exact) mass is 425 g/mol. The van der Waals surface area contributed by atoms with E-state index in [4.69, 9.17) is 0 Å². The van der Waals surface area contributed by atoms with E-state index in [-0.39, 0.29) is 18.3 Å². The molecule has 0 atom stereocenters. The van der Waals surface area contributed by atoms with Crippen molar-refractivity contribution in [3.05, 3.63) is 19.2 Å². The number of methoxy groups -OCH3 is 1. The molecule has 1 aromatic rings. The second-order valence-corrected chi connectivity index (χ2v) is 7.93. The van der Waals surface area contributed by atoms with Gasteiger partial charge in [0.15, 0.2) is 0 Å². The SMILES string of the molecule is COC(=O)CCN(CC(C)C)C(=O)c1cc(Br)c(Br)s1. The average Bonchev–Trinajstić information content (AvgIpc) is 2.73. The van der Waals surface area contributed by atoms with E-state index in [0.29, 0.717) is 23.9 Å². The Hall–Kier alpha value is -0.400. The third-order valence-corrected chi connectivity index (χ3v) is 5.79. The van der Waals surface area contributed by atoms with E-state index in [9.17, 15) is 9.59 Å². The van der Waals surface area contributed by atoms with E-state index in [1.165, 1.54) is 18.4 Å². The number of carbonyl (C=O) groups excluding carboxylic acids is 2. The van der Waals surface area contributed by atoms with Gasteiger partial charge < -0.3 is 9.64 Å². The number of ether oxygens (including phenoxy) is 1. The van der Waals surface area contributed by atoms with Gasteiger partial charge in [-0.1, -0.05) is 13.8 Å². The van der Waals surface area contributed by atoms with Crippen molar-refractivity contribution in [3.8, 4) is 0 Å². The minimum absolute atomic E-state index is 0.0565. The molecule has 1 amide bonds. The lowest BCUT2D eigenvalue weighted by Crippen LogP contribution is -2.35. The van der Waals surface area contributed by atoms with Gasteiger partial charge >= 0.3 is 5.97 Å². The summed E-state index contributed by atoms with van der Waals surface area (Å²) in [6, 6.07) is 1.79. The minimum atomic E-state index is -0.305. The summed E-state index contributed by atoms with van der Waals surface area (Å²) < 4.78 is 6.38. The van der Waals surface area contributed by atoms with Gasteiger partial charge in [0.1, 0.15) is 0 Å². The number of hydrogen-bond acceptors (Lipinski definition) is 4. The molecule has 0 saturated heterocycles. The fraction of sp³-hybridized carbons (Fsp3) is 0.538. The molecule has 0 spiro atoms. The maximum absolute atomic E-state index is 12.5. The second kappa shape index (κ2) is 8.14. The molecule has 7 heteroatoms. The molecular formula is C13H17Br2NO3S. The molecule has 0 N–H and O–H groups in total. The smallest absolute Gasteiger partial charge is 0.307 e. The van der Waals surface area contributed by atoms with Crippen molar-refractivity contribution in [1.29, 1.82) is 0 Å². The Labute approximate surface area is 139 Å². The highest BCUT2D eigenvalue weighted by molar-refractivity contribution is 9.13. The largest absolute Gasteiger partial charge is 0.469 e. The zero-order valence-corrected chi connectivity index (χ0v) is 15.6. The highest BCUT2D eigenvalue weighted by atomic mass is 79.9. The summed E-state index contributed by atoms with van der Waals surface area (Å²) in [5.41, 5.74) is 0. The van der Waals surface area contributed by atoms with Gasteiger partial charge in [-0.3, -0.25) is 9.59 Å². The van der Waals surface area contributed by atoms with Crippen LogP contribution in [0.4, 0.5) is 0 Å². The van der Waals surface area contributed by atoms with E-state index in [1.54, 1.807) is 11.0 Å². The molecule has 1 aromatic heterocycles. The summed E-state index contributed by atoms with van der Waals surface area (Å²) in [5, 5.41) is 0. The molecular weight excluding hydrogens is 410 g/mol. The van der Waals surface area contributed by atoms with Crippen molar-refractivity contribution in [1.82, 2.24) is 4.90 Å². The first-order valence-corrected chi connectivity index (χ1v) is 8.56. The van der Waals surface area contributed by atoms with E-state index < -0.39 is 0 Å². The van der Waals surface area contributed by atoms with E-state index >= 15 is 0 Å². The summed E-state index contributed by atoms with van der Waals surface area (Å²) in [7, 11) is 1.35. The highest BCUT2D eigenvalue weighted by Crippen LogP contribution is 2.33. The third kappa shape index (κ3) is 5.18. The molecule has 0 unspecified atom stereocenters. The summed E-state index contributed by atoms with van der Waals surface area (Å²) >= 11 is 8.14. The Balaban J connectivity index is 2.80. The number of halogens is 2. The third-order valence-electron chi connectivity index (χ3n) is 2.54.